The van der Waals surface area contributed by atoms with Gasteiger partial charge in [-0.15, -0.1) is 0 Å². The van der Waals surface area contributed by atoms with Crippen molar-refractivity contribution in [1.82, 2.24) is 0 Å². The van der Waals surface area contributed by atoms with Crippen molar-refractivity contribution >= 4 is 15.8 Å². The van der Waals surface area contributed by atoms with Gasteiger partial charge in [-0.05, 0) is 24.6 Å². The zero-order chi connectivity index (χ0) is 12.3. The van der Waals surface area contributed by atoms with Crippen LogP contribution >= 0.6 is 0 Å². The van der Waals surface area contributed by atoms with E-state index in [9.17, 15) is 18.5 Å². The molecule has 0 aliphatic carbocycles. The van der Waals surface area contributed by atoms with Gasteiger partial charge in [0.2, 0.25) is 0 Å². The molecule has 0 bridgehead atoms. The normalized spacial score (nSPS) is 13.4. The van der Waals surface area contributed by atoms with Crippen LogP contribution in [-0.4, -0.2) is 19.6 Å². The number of non-ortho nitro benzene ring substituents is 1. The molecule has 1 rings (SSSR count). The van der Waals surface area contributed by atoms with E-state index in [0.717, 1.165) is 6.26 Å². The molecule has 0 radical (unpaired) electrons. The van der Waals surface area contributed by atoms with Gasteiger partial charge in [0.1, 0.15) is 0 Å². The van der Waals surface area contributed by atoms with Gasteiger partial charge in [0.05, 0.1) is 17.3 Å². The Morgan fingerprint density at radius 2 is 1.81 bits per heavy atom. The number of nitrogens with zero attached hydrogens (tertiary/aromatic N) is 1. The van der Waals surface area contributed by atoms with Crippen LogP contribution in [0.3, 0.4) is 0 Å². The molecular weight excluding hydrogens is 234 g/mol. The molecule has 0 N–H and O–H groups in total. The smallest absolute Gasteiger partial charge is 0.262 e. The lowest BCUT2D eigenvalue weighted by Crippen LogP contribution is -2.07. The first-order valence-electron chi connectivity index (χ1n) is 4.42. The Labute approximate surface area is 93.1 Å². The van der Waals surface area contributed by atoms with Crippen LogP contribution in [0.5, 0.6) is 0 Å². The zero-order valence-electron chi connectivity index (χ0n) is 8.78. The highest BCUT2D eigenvalue weighted by molar-refractivity contribution is 7.86. The van der Waals surface area contributed by atoms with Crippen molar-refractivity contribution in [2.45, 2.75) is 13.0 Å². The molecule has 0 fully saturated rings. The molecule has 0 saturated carbocycles. The number of hydrogen-bond donors (Lipinski definition) is 0. The first-order chi connectivity index (χ1) is 7.29. The third kappa shape index (κ3) is 3.59. The molecule has 1 aromatic rings. The summed E-state index contributed by atoms with van der Waals surface area (Å²) in [5.74, 6) is 0. The molecule has 0 amide bonds. The lowest BCUT2D eigenvalue weighted by atomic mass is 10.1. The second kappa shape index (κ2) is 4.58. The Morgan fingerprint density at radius 3 is 2.19 bits per heavy atom. The molecule has 1 atom stereocenters. The van der Waals surface area contributed by atoms with Crippen molar-refractivity contribution < 1.29 is 17.5 Å². The minimum absolute atomic E-state index is 0.0460. The predicted molar refractivity (Wildman–Crippen MR) is 57.4 cm³/mol. The molecule has 7 heteroatoms. The molecule has 0 spiro atoms. The second-order valence-corrected chi connectivity index (χ2v) is 4.89. The molecule has 0 aromatic heterocycles. The molecule has 0 heterocycles. The summed E-state index contributed by atoms with van der Waals surface area (Å²) >= 11 is 0. The highest BCUT2D eigenvalue weighted by Gasteiger charge is 2.13. The summed E-state index contributed by atoms with van der Waals surface area (Å²) in [6.07, 6.45) is 0.297. The fraction of sp³-hybridized carbons (Fsp3) is 0.333. The maximum atomic E-state index is 10.9. The largest absolute Gasteiger partial charge is 0.269 e. The summed E-state index contributed by atoms with van der Waals surface area (Å²) in [7, 11) is -3.53. The van der Waals surface area contributed by atoms with Crippen LogP contribution in [0.15, 0.2) is 24.3 Å². The van der Waals surface area contributed by atoms with Crippen molar-refractivity contribution in [2.24, 2.45) is 0 Å². The van der Waals surface area contributed by atoms with Crippen LogP contribution in [0.4, 0.5) is 5.69 Å². The summed E-state index contributed by atoms with van der Waals surface area (Å²) in [6.45, 7) is 1.56. The van der Waals surface area contributed by atoms with Gasteiger partial charge in [-0.1, -0.05) is 0 Å². The predicted octanol–water partition coefficient (Wildman–Crippen LogP) is 1.63. The Kier molecular flexibility index (Phi) is 3.61. The van der Waals surface area contributed by atoms with E-state index < -0.39 is 21.1 Å². The van der Waals surface area contributed by atoms with Crippen molar-refractivity contribution in [2.75, 3.05) is 6.26 Å². The minimum Gasteiger partial charge on any atom is -0.262 e. The van der Waals surface area contributed by atoms with Gasteiger partial charge < -0.3 is 0 Å². The quantitative estimate of drug-likeness (QED) is 0.457. The number of nitro benzene ring substituents is 1. The Hall–Kier alpha value is -1.47. The first kappa shape index (κ1) is 12.6. The monoisotopic (exact) mass is 245 g/mol. The SMILES string of the molecule is C[C@@H](OS(C)(=O)=O)c1ccc([N+](=O)[O-])cc1. The van der Waals surface area contributed by atoms with E-state index in [1.165, 1.54) is 24.3 Å². The summed E-state index contributed by atoms with van der Waals surface area (Å²) < 4.78 is 26.4. The Morgan fingerprint density at radius 1 is 1.31 bits per heavy atom. The Bertz CT molecular complexity index is 479. The summed E-state index contributed by atoms with van der Waals surface area (Å²) in [6, 6.07) is 5.54. The lowest BCUT2D eigenvalue weighted by molar-refractivity contribution is -0.384. The molecule has 1 aromatic carbocycles. The van der Waals surface area contributed by atoms with E-state index in [0.29, 0.717) is 5.56 Å². The number of hydrogen-bond acceptors (Lipinski definition) is 5. The summed E-state index contributed by atoms with van der Waals surface area (Å²) in [5.41, 5.74) is 0.520. The average molecular weight is 245 g/mol. The number of nitro groups is 1. The molecule has 16 heavy (non-hydrogen) atoms. The first-order valence-corrected chi connectivity index (χ1v) is 6.24. The zero-order valence-corrected chi connectivity index (χ0v) is 9.60. The van der Waals surface area contributed by atoms with Crippen molar-refractivity contribution in [1.29, 1.82) is 0 Å². The van der Waals surface area contributed by atoms with Crippen molar-refractivity contribution in [3.05, 3.63) is 39.9 Å². The van der Waals surface area contributed by atoms with Crippen LogP contribution in [-0.2, 0) is 14.3 Å². The Balaban J connectivity index is 2.86. The topological polar surface area (TPSA) is 86.5 Å². The second-order valence-electron chi connectivity index (χ2n) is 3.29. The van der Waals surface area contributed by atoms with Crippen LogP contribution in [0.2, 0.25) is 0 Å². The minimum atomic E-state index is -3.53. The number of benzene rings is 1. The van der Waals surface area contributed by atoms with Gasteiger partial charge in [0.25, 0.3) is 15.8 Å². The van der Waals surface area contributed by atoms with E-state index in [1.54, 1.807) is 6.92 Å². The van der Waals surface area contributed by atoms with E-state index in [4.69, 9.17) is 4.18 Å². The fourth-order valence-corrected chi connectivity index (χ4v) is 1.82. The third-order valence-corrected chi connectivity index (χ3v) is 2.53. The van der Waals surface area contributed by atoms with Gasteiger partial charge in [-0.3, -0.25) is 14.3 Å². The van der Waals surface area contributed by atoms with Gasteiger partial charge in [0, 0.05) is 12.1 Å². The lowest BCUT2D eigenvalue weighted by Gasteiger charge is -2.10. The molecule has 0 saturated heterocycles. The third-order valence-electron chi connectivity index (χ3n) is 1.89. The van der Waals surface area contributed by atoms with Crippen LogP contribution < -0.4 is 0 Å². The fourth-order valence-electron chi connectivity index (χ4n) is 1.18. The van der Waals surface area contributed by atoms with E-state index in [2.05, 4.69) is 0 Å². The summed E-state index contributed by atoms with van der Waals surface area (Å²) in [5, 5.41) is 10.4. The molecular formula is C9H11NO5S. The van der Waals surface area contributed by atoms with Crippen molar-refractivity contribution in [3.8, 4) is 0 Å². The van der Waals surface area contributed by atoms with Gasteiger partial charge in [-0.2, -0.15) is 8.42 Å². The van der Waals surface area contributed by atoms with Gasteiger partial charge in [0.15, 0.2) is 0 Å². The van der Waals surface area contributed by atoms with Gasteiger partial charge >= 0.3 is 0 Å². The highest BCUT2D eigenvalue weighted by Crippen LogP contribution is 2.21. The molecule has 0 aliphatic rings. The molecule has 0 unspecified atom stereocenters. The standard InChI is InChI=1S/C9H11NO5S/c1-7(15-16(2,13)14)8-3-5-9(6-4-8)10(11)12/h3-7H,1-2H3/t7-/m1/s1. The van der Waals surface area contributed by atoms with Crippen LogP contribution in [0, 0.1) is 10.1 Å². The molecule has 6 nitrogen and oxygen atoms in total. The van der Waals surface area contributed by atoms with Crippen LogP contribution in [0.1, 0.15) is 18.6 Å². The average Bonchev–Trinajstić information content (AvgIpc) is 2.15. The van der Waals surface area contributed by atoms with E-state index in [-0.39, 0.29) is 5.69 Å². The van der Waals surface area contributed by atoms with E-state index >= 15 is 0 Å². The van der Waals surface area contributed by atoms with Gasteiger partial charge in [-0.25, -0.2) is 0 Å². The molecule has 88 valence electrons. The van der Waals surface area contributed by atoms with Crippen molar-refractivity contribution in [3.63, 3.8) is 0 Å². The highest BCUT2D eigenvalue weighted by atomic mass is 32.2. The summed E-state index contributed by atoms with van der Waals surface area (Å²) in [4.78, 5) is 9.87. The number of rotatable bonds is 4. The maximum absolute atomic E-state index is 10.9. The molecule has 0 aliphatic heterocycles. The van der Waals surface area contributed by atoms with E-state index in [1.807, 2.05) is 0 Å². The van der Waals surface area contributed by atoms with Crippen LogP contribution in [0.25, 0.3) is 0 Å². The maximum Gasteiger partial charge on any atom is 0.269 e.